The average molecular weight is 532 g/mol. The minimum atomic E-state index is -0.492. The first kappa shape index (κ1) is 26.5. The van der Waals surface area contributed by atoms with E-state index in [9.17, 15) is 4.79 Å². The van der Waals surface area contributed by atoms with Crippen LogP contribution in [0.4, 0.5) is 4.79 Å². The van der Waals surface area contributed by atoms with Crippen LogP contribution < -0.4 is 10.6 Å². The van der Waals surface area contributed by atoms with E-state index in [1.54, 1.807) is 11.9 Å². The van der Waals surface area contributed by atoms with Gasteiger partial charge >= 0.3 is 6.09 Å². The van der Waals surface area contributed by atoms with Crippen molar-refractivity contribution in [2.45, 2.75) is 53.3 Å². The molecule has 8 heteroatoms. The molecule has 7 nitrogen and oxygen atoms in total. The summed E-state index contributed by atoms with van der Waals surface area (Å²) < 4.78 is 10.7. The number of aliphatic imine (C=N–C) groups is 1. The number of carbonyl (C=O) groups is 1. The second-order valence-corrected chi connectivity index (χ2v) is 9.01. The molecule has 1 aromatic rings. The molecule has 1 amide bonds. The number of ether oxygens (including phenoxy) is 2. The summed E-state index contributed by atoms with van der Waals surface area (Å²) in [6, 6.07) is 8.15. The van der Waals surface area contributed by atoms with Crippen LogP contribution >= 0.6 is 24.0 Å². The predicted octanol–water partition coefficient (Wildman–Crippen LogP) is 3.76. The molecular weight excluding hydrogens is 495 g/mol. The molecule has 1 fully saturated rings. The molecule has 1 aliphatic rings. The Bertz CT molecular complexity index is 697. The van der Waals surface area contributed by atoms with Crippen LogP contribution in [-0.4, -0.2) is 55.9 Å². The highest BCUT2D eigenvalue weighted by atomic mass is 127. The lowest BCUT2D eigenvalue weighted by Crippen LogP contribution is -2.51. The fraction of sp³-hybridized carbons (Fsp3) is 0.636. The van der Waals surface area contributed by atoms with Crippen LogP contribution in [0, 0.1) is 5.41 Å². The summed E-state index contributed by atoms with van der Waals surface area (Å²) >= 11 is 0. The number of rotatable bonds is 7. The maximum atomic E-state index is 12.1. The van der Waals surface area contributed by atoms with Gasteiger partial charge in [0.25, 0.3) is 0 Å². The standard InChI is InChI=1S/C22H36N4O3.HI/c1-7-23-19(25-14-22(5)15-28-16-22)24-12-17-8-10-18(11-9-17)13-26(6)20(27)29-21(2,3)4;/h8-11H,7,12-16H2,1-6H3,(H2,23,24,25);1H. The van der Waals surface area contributed by atoms with Crippen molar-refractivity contribution in [3.63, 3.8) is 0 Å². The number of guanidine groups is 1. The number of nitrogens with zero attached hydrogens (tertiary/aromatic N) is 2. The first-order valence-electron chi connectivity index (χ1n) is 10.2. The predicted molar refractivity (Wildman–Crippen MR) is 131 cm³/mol. The van der Waals surface area contributed by atoms with Gasteiger partial charge in [-0.3, -0.25) is 0 Å². The lowest BCUT2D eigenvalue weighted by atomic mass is 9.89. The topological polar surface area (TPSA) is 75.2 Å². The number of benzene rings is 1. The number of carbonyl (C=O) groups excluding carboxylic acids is 1. The fourth-order valence-electron chi connectivity index (χ4n) is 2.79. The summed E-state index contributed by atoms with van der Waals surface area (Å²) in [5.74, 6) is 0.814. The number of nitrogens with one attached hydrogen (secondary N) is 2. The summed E-state index contributed by atoms with van der Waals surface area (Å²) in [5, 5.41) is 6.68. The summed E-state index contributed by atoms with van der Waals surface area (Å²) in [6.45, 7) is 14.2. The van der Waals surface area contributed by atoms with Crippen LogP contribution in [0.3, 0.4) is 0 Å². The van der Waals surface area contributed by atoms with Crippen molar-refractivity contribution in [1.82, 2.24) is 15.5 Å². The van der Waals surface area contributed by atoms with Crippen molar-refractivity contribution < 1.29 is 14.3 Å². The Morgan fingerprint density at radius 3 is 2.30 bits per heavy atom. The second-order valence-electron chi connectivity index (χ2n) is 9.01. The molecule has 2 rings (SSSR count). The highest BCUT2D eigenvalue weighted by Gasteiger charge is 2.33. The lowest BCUT2D eigenvalue weighted by molar-refractivity contribution is -0.0971. The quantitative estimate of drug-likeness (QED) is 0.318. The van der Waals surface area contributed by atoms with Crippen LogP contribution in [0.1, 0.15) is 45.7 Å². The molecule has 0 atom stereocenters. The first-order valence-corrected chi connectivity index (χ1v) is 10.2. The lowest BCUT2D eigenvalue weighted by Gasteiger charge is -2.38. The van der Waals surface area contributed by atoms with Gasteiger partial charge in [0.1, 0.15) is 5.60 Å². The van der Waals surface area contributed by atoms with Gasteiger partial charge in [0.2, 0.25) is 0 Å². The Kier molecular flexibility index (Phi) is 10.4. The molecule has 30 heavy (non-hydrogen) atoms. The van der Waals surface area contributed by atoms with Gasteiger partial charge in [-0.25, -0.2) is 9.79 Å². The van der Waals surface area contributed by atoms with Crippen LogP contribution in [0.2, 0.25) is 0 Å². The highest BCUT2D eigenvalue weighted by molar-refractivity contribution is 14.0. The van der Waals surface area contributed by atoms with E-state index < -0.39 is 5.60 Å². The monoisotopic (exact) mass is 532 g/mol. The number of amides is 1. The van der Waals surface area contributed by atoms with Gasteiger partial charge in [-0.1, -0.05) is 31.2 Å². The van der Waals surface area contributed by atoms with E-state index in [1.807, 2.05) is 45.0 Å². The Morgan fingerprint density at radius 2 is 1.80 bits per heavy atom. The van der Waals surface area contributed by atoms with Crippen molar-refractivity contribution in [1.29, 1.82) is 0 Å². The third-order valence-electron chi connectivity index (χ3n) is 4.50. The van der Waals surface area contributed by atoms with Crippen molar-refractivity contribution >= 4 is 36.0 Å². The Balaban J connectivity index is 0.00000450. The minimum absolute atomic E-state index is 0. The largest absolute Gasteiger partial charge is 0.444 e. The molecule has 2 N–H and O–H groups in total. The van der Waals surface area contributed by atoms with Gasteiger partial charge in [-0.2, -0.15) is 0 Å². The summed E-state index contributed by atoms with van der Waals surface area (Å²) in [5.41, 5.74) is 1.87. The zero-order chi connectivity index (χ0) is 21.5. The highest BCUT2D eigenvalue weighted by Crippen LogP contribution is 2.25. The van der Waals surface area contributed by atoms with Crippen LogP contribution in [-0.2, 0) is 22.6 Å². The Labute approximate surface area is 198 Å². The van der Waals surface area contributed by atoms with Gasteiger partial charge in [-0.15, -0.1) is 24.0 Å². The molecule has 0 aromatic heterocycles. The van der Waals surface area contributed by atoms with E-state index in [2.05, 4.69) is 29.5 Å². The van der Waals surface area contributed by atoms with Gasteiger partial charge < -0.3 is 25.0 Å². The first-order chi connectivity index (χ1) is 13.6. The molecule has 0 saturated carbocycles. The van der Waals surface area contributed by atoms with Gasteiger partial charge in [0.05, 0.1) is 19.8 Å². The summed E-state index contributed by atoms with van der Waals surface area (Å²) in [6.07, 6.45) is -0.321. The minimum Gasteiger partial charge on any atom is -0.444 e. The number of hydrogen-bond acceptors (Lipinski definition) is 4. The molecule has 0 bridgehead atoms. The third kappa shape index (κ3) is 9.07. The smallest absolute Gasteiger partial charge is 0.410 e. The van der Waals surface area contributed by atoms with Crippen molar-refractivity contribution in [3.8, 4) is 0 Å². The van der Waals surface area contributed by atoms with Crippen molar-refractivity contribution in [2.24, 2.45) is 10.4 Å². The van der Waals surface area contributed by atoms with Gasteiger partial charge in [-0.05, 0) is 38.8 Å². The van der Waals surface area contributed by atoms with E-state index >= 15 is 0 Å². The molecular formula is C22H37IN4O3. The molecule has 0 radical (unpaired) electrons. The maximum Gasteiger partial charge on any atom is 0.410 e. The van der Waals surface area contributed by atoms with E-state index in [0.717, 1.165) is 43.4 Å². The number of halogens is 1. The zero-order valence-corrected chi connectivity index (χ0v) is 21.4. The molecule has 1 aliphatic heterocycles. The van der Waals surface area contributed by atoms with Crippen molar-refractivity contribution in [3.05, 3.63) is 35.4 Å². The van der Waals surface area contributed by atoms with E-state index in [0.29, 0.717) is 13.1 Å². The van der Waals surface area contributed by atoms with E-state index in [-0.39, 0.29) is 35.5 Å². The molecule has 1 aromatic carbocycles. The Hall–Kier alpha value is -1.55. The fourth-order valence-corrected chi connectivity index (χ4v) is 2.79. The average Bonchev–Trinajstić information content (AvgIpc) is 2.62. The summed E-state index contributed by atoms with van der Waals surface area (Å²) in [4.78, 5) is 18.3. The van der Waals surface area contributed by atoms with Gasteiger partial charge in [0.15, 0.2) is 5.96 Å². The molecule has 170 valence electrons. The van der Waals surface area contributed by atoms with E-state index in [1.165, 1.54) is 0 Å². The molecule has 0 aliphatic carbocycles. The normalized spacial score (nSPS) is 15.5. The molecule has 1 saturated heterocycles. The van der Waals surface area contributed by atoms with Crippen LogP contribution in [0.25, 0.3) is 0 Å². The maximum absolute atomic E-state index is 12.1. The second kappa shape index (κ2) is 11.7. The number of hydrogen-bond donors (Lipinski definition) is 2. The van der Waals surface area contributed by atoms with Crippen LogP contribution in [0.15, 0.2) is 29.3 Å². The SMILES string of the molecule is CCNC(=NCc1ccc(CN(C)C(=O)OC(C)(C)C)cc1)NCC1(C)COC1.I. The Morgan fingerprint density at radius 1 is 1.20 bits per heavy atom. The van der Waals surface area contributed by atoms with Crippen molar-refractivity contribution in [2.75, 3.05) is 33.4 Å². The van der Waals surface area contributed by atoms with E-state index in [4.69, 9.17) is 9.47 Å². The van der Waals surface area contributed by atoms with Crippen LogP contribution in [0.5, 0.6) is 0 Å². The zero-order valence-electron chi connectivity index (χ0n) is 19.1. The molecule has 1 heterocycles. The molecule has 0 spiro atoms. The summed E-state index contributed by atoms with van der Waals surface area (Å²) in [7, 11) is 1.74. The third-order valence-corrected chi connectivity index (χ3v) is 4.50. The van der Waals surface area contributed by atoms with Gasteiger partial charge in [0, 0.05) is 32.1 Å². The molecule has 0 unspecified atom stereocenters.